The number of nitrogens with two attached hydrogens (primary N) is 1. The van der Waals surface area contributed by atoms with E-state index in [0.29, 0.717) is 26.1 Å². The molecule has 1 heterocycles. The zero-order chi connectivity index (χ0) is 14.7. The SMILES string of the molecule is CC(C)(C)OC(=O)N1CCCC(C(C)(F)CCN)C1. The topological polar surface area (TPSA) is 55.6 Å². The standard InChI is InChI=1S/C14H27FN2O2/c1-13(2,3)19-12(18)17-9-5-6-11(10-17)14(4,15)7-8-16/h11H,5-10,16H2,1-4H3. The Labute approximate surface area is 115 Å². The third kappa shape index (κ3) is 4.97. The minimum atomic E-state index is -1.31. The second kappa shape index (κ2) is 6.07. The van der Waals surface area contributed by atoms with Crippen LogP contribution in [0.1, 0.15) is 47.0 Å². The molecule has 19 heavy (non-hydrogen) atoms. The van der Waals surface area contributed by atoms with Gasteiger partial charge in [-0.15, -0.1) is 0 Å². The van der Waals surface area contributed by atoms with Gasteiger partial charge < -0.3 is 15.4 Å². The summed E-state index contributed by atoms with van der Waals surface area (Å²) in [5.41, 5.74) is 3.63. The fourth-order valence-corrected chi connectivity index (χ4v) is 2.45. The van der Waals surface area contributed by atoms with E-state index in [1.165, 1.54) is 0 Å². The number of carbonyl (C=O) groups is 1. The summed E-state index contributed by atoms with van der Waals surface area (Å²) >= 11 is 0. The summed E-state index contributed by atoms with van der Waals surface area (Å²) in [5, 5.41) is 0. The molecule has 0 aromatic carbocycles. The fourth-order valence-electron chi connectivity index (χ4n) is 2.45. The Morgan fingerprint density at radius 1 is 1.42 bits per heavy atom. The highest BCUT2D eigenvalue weighted by atomic mass is 19.1. The zero-order valence-corrected chi connectivity index (χ0v) is 12.5. The molecule has 2 unspecified atom stereocenters. The van der Waals surface area contributed by atoms with E-state index in [1.807, 2.05) is 20.8 Å². The van der Waals surface area contributed by atoms with Gasteiger partial charge in [-0.25, -0.2) is 9.18 Å². The van der Waals surface area contributed by atoms with Crippen LogP contribution in [-0.4, -0.2) is 41.9 Å². The number of hydrogen-bond acceptors (Lipinski definition) is 3. The van der Waals surface area contributed by atoms with Crippen LogP contribution in [0.2, 0.25) is 0 Å². The molecule has 1 aliphatic rings. The Morgan fingerprint density at radius 3 is 2.58 bits per heavy atom. The lowest BCUT2D eigenvalue weighted by Crippen LogP contribution is -2.48. The molecular weight excluding hydrogens is 247 g/mol. The van der Waals surface area contributed by atoms with Crippen molar-refractivity contribution in [1.82, 2.24) is 4.90 Å². The van der Waals surface area contributed by atoms with Crippen LogP contribution in [0.15, 0.2) is 0 Å². The maximum atomic E-state index is 14.5. The number of piperidine rings is 1. The lowest BCUT2D eigenvalue weighted by atomic mass is 9.82. The van der Waals surface area contributed by atoms with Gasteiger partial charge in [-0.1, -0.05) is 0 Å². The summed E-state index contributed by atoms with van der Waals surface area (Å²) in [4.78, 5) is 13.6. The Kier molecular flexibility index (Phi) is 5.18. The molecule has 2 atom stereocenters. The molecule has 5 heteroatoms. The minimum absolute atomic E-state index is 0.155. The average molecular weight is 274 g/mol. The van der Waals surface area contributed by atoms with E-state index in [1.54, 1.807) is 11.8 Å². The lowest BCUT2D eigenvalue weighted by molar-refractivity contribution is -0.00311. The predicted molar refractivity (Wildman–Crippen MR) is 73.7 cm³/mol. The van der Waals surface area contributed by atoms with Crippen molar-refractivity contribution in [1.29, 1.82) is 0 Å². The molecule has 112 valence electrons. The molecule has 4 nitrogen and oxygen atoms in total. The molecule has 0 spiro atoms. The molecule has 0 radical (unpaired) electrons. The second-order valence-electron chi connectivity index (χ2n) is 6.58. The van der Waals surface area contributed by atoms with Crippen LogP contribution < -0.4 is 5.73 Å². The molecule has 1 saturated heterocycles. The summed E-state index contributed by atoms with van der Waals surface area (Å²) < 4.78 is 19.8. The first-order valence-electron chi connectivity index (χ1n) is 7.02. The summed E-state index contributed by atoms with van der Waals surface area (Å²) in [5.74, 6) is -0.155. The average Bonchev–Trinajstić information content (AvgIpc) is 2.27. The van der Waals surface area contributed by atoms with Crippen LogP contribution >= 0.6 is 0 Å². The molecule has 0 aromatic rings. The number of carbonyl (C=O) groups excluding carboxylic acids is 1. The number of alkyl halides is 1. The number of likely N-dealkylation sites (tertiary alicyclic amines) is 1. The quantitative estimate of drug-likeness (QED) is 0.861. The first-order valence-corrected chi connectivity index (χ1v) is 7.02. The summed E-state index contributed by atoms with van der Waals surface area (Å²) in [7, 11) is 0. The number of hydrogen-bond donors (Lipinski definition) is 1. The number of amides is 1. The van der Waals surface area contributed by atoms with E-state index in [2.05, 4.69) is 0 Å². The zero-order valence-electron chi connectivity index (χ0n) is 12.5. The van der Waals surface area contributed by atoms with Crippen molar-refractivity contribution in [2.75, 3.05) is 19.6 Å². The third-order valence-electron chi connectivity index (χ3n) is 3.56. The van der Waals surface area contributed by atoms with E-state index >= 15 is 0 Å². The van der Waals surface area contributed by atoms with Gasteiger partial charge in [-0.3, -0.25) is 0 Å². The number of rotatable bonds is 3. The van der Waals surface area contributed by atoms with Crippen molar-refractivity contribution in [3.05, 3.63) is 0 Å². The van der Waals surface area contributed by atoms with Crippen LogP contribution in [0.5, 0.6) is 0 Å². The fraction of sp³-hybridized carbons (Fsp3) is 0.929. The van der Waals surface area contributed by atoms with Crippen LogP contribution in [-0.2, 0) is 4.74 Å². The number of ether oxygens (including phenoxy) is 1. The predicted octanol–water partition coefficient (Wildman–Crippen LogP) is 2.71. The largest absolute Gasteiger partial charge is 0.444 e. The Balaban J connectivity index is 2.62. The van der Waals surface area contributed by atoms with Gasteiger partial charge >= 0.3 is 6.09 Å². The van der Waals surface area contributed by atoms with Gasteiger partial charge in [-0.2, -0.15) is 0 Å². The van der Waals surface area contributed by atoms with Gasteiger partial charge in [0.2, 0.25) is 0 Å². The number of nitrogens with zero attached hydrogens (tertiary/aromatic N) is 1. The molecular formula is C14H27FN2O2. The highest BCUT2D eigenvalue weighted by Crippen LogP contribution is 2.33. The first-order chi connectivity index (χ1) is 8.65. The normalized spacial score (nSPS) is 23.9. The molecule has 0 aliphatic carbocycles. The second-order valence-corrected chi connectivity index (χ2v) is 6.58. The summed E-state index contributed by atoms with van der Waals surface area (Å²) in [6, 6.07) is 0. The van der Waals surface area contributed by atoms with E-state index in [-0.39, 0.29) is 12.0 Å². The van der Waals surface area contributed by atoms with Crippen molar-refractivity contribution < 1.29 is 13.9 Å². The maximum absolute atomic E-state index is 14.5. The van der Waals surface area contributed by atoms with Gasteiger partial charge in [0.15, 0.2) is 0 Å². The van der Waals surface area contributed by atoms with E-state index in [9.17, 15) is 9.18 Å². The molecule has 0 bridgehead atoms. The molecule has 1 rings (SSSR count). The van der Waals surface area contributed by atoms with E-state index < -0.39 is 11.3 Å². The van der Waals surface area contributed by atoms with E-state index in [4.69, 9.17) is 10.5 Å². The van der Waals surface area contributed by atoms with Gasteiger partial charge in [0.25, 0.3) is 0 Å². The Bertz CT molecular complexity index is 313. The van der Waals surface area contributed by atoms with Crippen LogP contribution in [0.4, 0.5) is 9.18 Å². The van der Waals surface area contributed by atoms with Gasteiger partial charge in [0.05, 0.1) is 0 Å². The van der Waals surface area contributed by atoms with Crippen molar-refractivity contribution in [3.8, 4) is 0 Å². The monoisotopic (exact) mass is 274 g/mol. The van der Waals surface area contributed by atoms with Crippen molar-refractivity contribution in [2.24, 2.45) is 11.7 Å². The molecule has 1 aliphatic heterocycles. The molecule has 0 aromatic heterocycles. The van der Waals surface area contributed by atoms with Gasteiger partial charge in [-0.05, 0) is 53.5 Å². The minimum Gasteiger partial charge on any atom is -0.444 e. The molecule has 1 amide bonds. The van der Waals surface area contributed by atoms with Crippen molar-refractivity contribution >= 4 is 6.09 Å². The lowest BCUT2D eigenvalue weighted by Gasteiger charge is -2.39. The molecule has 1 fully saturated rings. The van der Waals surface area contributed by atoms with E-state index in [0.717, 1.165) is 12.8 Å². The smallest absolute Gasteiger partial charge is 0.410 e. The Morgan fingerprint density at radius 2 is 2.05 bits per heavy atom. The number of halogens is 1. The Hall–Kier alpha value is -0.840. The van der Waals surface area contributed by atoms with Crippen LogP contribution in [0, 0.1) is 5.92 Å². The van der Waals surface area contributed by atoms with Crippen molar-refractivity contribution in [2.45, 2.75) is 58.2 Å². The summed E-state index contributed by atoms with van der Waals surface area (Å²) in [6.07, 6.45) is 1.60. The van der Waals surface area contributed by atoms with Crippen molar-refractivity contribution in [3.63, 3.8) is 0 Å². The first kappa shape index (κ1) is 16.2. The van der Waals surface area contributed by atoms with Crippen LogP contribution in [0.25, 0.3) is 0 Å². The maximum Gasteiger partial charge on any atom is 0.410 e. The molecule has 2 N–H and O–H groups in total. The summed E-state index contributed by atoms with van der Waals surface area (Å²) in [6.45, 7) is 8.48. The van der Waals surface area contributed by atoms with Crippen LogP contribution in [0.3, 0.4) is 0 Å². The third-order valence-corrected chi connectivity index (χ3v) is 3.56. The highest BCUT2D eigenvalue weighted by Gasteiger charge is 2.38. The van der Waals surface area contributed by atoms with Gasteiger partial charge in [0.1, 0.15) is 11.3 Å². The molecule has 0 saturated carbocycles. The highest BCUT2D eigenvalue weighted by molar-refractivity contribution is 5.68. The van der Waals surface area contributed by atoms with Gasteiger partial charge in [0, 0.05) is 19.0 Å².